The molecule has 18 heavy (non-hydrogen) atoms. The number of hydrogen-bond donors (Lipinski definition) is 1. The van der Waals surface area contributed by atoms with E-state index in [1.54, 1.807) is 12.1 Å². The molecule has 2 heterocycles. The fourth-order valence-corrected chi connectivity index (χ4v) is 3.34. The predicted octanol–water partition coefficient (Wildman–Crippen LogP) is 3.32. The average molecular weight is 262 g/mol. The van der Waals surface area contributed by atoms with Crippen molar-refractivity contribution >= 4 is 11.8 Å². The number of aromatic nitrogens is 2. The number of aryl methyl sites for hydroxylation is 1. The number of rotatable bonds is 2. The molecule has 94 valence electrons. The molecular formula is C13H14N2O2S. The molecule has 1 unspecified atom stereocenters. The Bertz CT molecular complexity index is 562. The highest BCUT2D eigenvalue weighted by Crippen LogP contribution is 2.39. The second-order valence-electron chi connectivity index (χ2n) is 4.46. The number of benzene rings is 1. The predicted molar refractivity (Wildman–Crippen MR) is 70.6 cm³/mol. The first-order valence-electron chi connectivity index (χ1n) is 5.99. The van der Waals surface area contributed by atoms with E-state index in [1.807, 2.05) is 24.8 Å². The van der Waals surface area contributed by atoms with Gasteiger partial charge in [0.2, 0.25) is 0 Å². The van der Waals surface area contributed by atoms with Gasteiger partial charge in [0.25, 0.3) is 5.89 Å². The molecule has 1 fully saturated rings. The maximum Gasteiger partial charge on any atom is 0.258 e. The number of hydrogen-bond acceptors (Lipinski definition) is 5. The van der Waals surface area contributed by atoms with Gasteiger partial charge >= 0.3 is 0 Å². The minimum Gasteiger partial charge on any atom is -0.508 e. The lowest BCUT2D eigenvalue weighted by Gasteiger charge is -2.01. The van der Waals surface area contributed by atoms with Gasteiger partial charge in [0, 0.05) is 5.56 Å². The summed E-state index contributed by atoms with van der Waals surface area (Å²) in [5.41, 5.74) is 1.82. The fourth-order valence-electron chi connectivity index (χ4n) is 2.14. The van der Waals surface area contributed by atoms with Crippen molar-refractivity contribution in [2.45, 2.75) is 25.0 Å². The van der Waals surface area contributed by atoms with Crippen LogP contribution < -0.4 is 0 Å². The van der Waals surface area contributed by atoms with E-state index in [4.69, 9.17) is 4.52 Å². The number of phenolic OH excluding ortho intramolecular Hbond substituents is 1. The third-order valence-electron chi connectivity index (χ3n) is 3.10. The summed E-state index contributed by atoms with van der Waals surface area (Å²) in [5.74, 6) is 2.75. The monoisotopic (exact) mass is 262 g/mol. The largest absolute Gasteiger partial charge is 0.508 e. The summed E-state index contributed by atoms with van der Waals surface area (Å²) in [6.07, 6.45) is 2.34. The average Bonchev–Trinajstić information content (AvgIpc) is 2.99. The number of phenols is 1. The van der Waals surface area contributed by atoms with Crippen molar-refractivity contribution in [2.75, 3.05) is 5.75 Å². The van der Waals surface area contributed by atoms with E-state index >= 15 is 0 Å². The second kappa shape index (κ2) is 4.65. The van der Waals surface area contributed by atoms with Crippen molar-refractivity contribution in [1.82, 2.24) is 10.1 Å². The number of thioether (sulfide) groups is 1. The van der Waals surface area contributed by atoms with Crippen molar-refractivity contribution in [1.29, 1.82) is 0 Å². The van der Waals surface area contributed by atoms with Gasteiger partial charge in [-0.25, -0.2) is 0 Å². The molecule has 4 nitrogen and oxygen atoms in total. The van der Waals surface area contributed by atoms with E-state index in [1.165, 1.54) is 12.2 Å². The van der Waals surface area contributed by atoms with Gasteiger partial charge in [-0.1, -0.05) is 5.16 Å². The molecule has 0 bridgehead atoms. The molecule has 1 aliphatic rings. The molecule has 1 aromatic carbocycles. The topological polar surface area (TPSA) is 59.2 Å². The molecule has 0 aliphatic carbocycles. The molecule has 3 rings (SSSR count). The van der Waals surface area contributed by atoms with E-state index < -0.39 is 0 Å². The molecule has 1 N–H and O–H groups in total. The summed E-state index contributed by atoms with van der Waals surface area (Å²) in [6.45, 7) is 1.92. The molecule has 1 aromatic heterocycles. The van der Waals surface area contributed by atoms with Gasteiger partial charge in [-0.2, -0.15) is 16.7 Å². The van der Waals surface area contributed by atoms with Crippen LogP contribution in [0.5, 0.6) is 5.75 Å². The zero-order valence-electron chi connectivity index (χ0n) is 10.1. The Kier molecular flexibility index (Phi) is 2.99. The van der Waals surface area contributed by atoms with Gasteiger partial charge in [0.05, 0.1) is 5.25 Å². The minimum absolute atomic E-state index is 0.252. The van der Waals surface area contributed by atoms with Crippen LogP contribution in [0.3, 0.4) is 0 Å². The molecule has 0 amide bonds. The highest BCUT2D eigenvalue weighted by molar-refractivity contribution is 7.99. The summed E-state index contributed by atoms with van der Waals surface area (Å²) < 4.78 is 5.33. The molecule has 2 aromatic rings. The van der Waals surface area contributed by atoms with Gasteiger partial charge in [-0.3, -0.25) is 0 Å². The highest BCUT2D eigenvalue weighted by Gasteiger charge is 2.23. The Morgan fingerprint density at radius 1 is 1.44 bits per heavy atom. The van der Waals surface area contributed by atoms with Crippen LogP contribution in [-0.2, 0) is 0 Å². The Hall–Kier alpha value is -1.49. The summed E-state index contributed by atoms with van der Waals surface area (Å²) in [4.78, 5) is 4.47. The fraction of sp³-hybridized carbons (Fsp3) is 0.385. The van der Waals surface area contributed by atoms with Crippen molar-refractivity contribution in [3.63, 3.8) is 0 Å². The van der Waals surface area contributed by atoms with E-state index in [-0.39, 0.29) is 5.75 Å². The van der Waals surface area contributed by atoms with E-state index in [0.717, 1.165) is 23.4 Å². The van der Waals surface area contributed by atoms with Crippen LogP contribution in [0.2, 0.25) is 0 Å². The summed E-state index contributed by atoms with van der Waals surface area (Å²) in [5, 5.41) is 13.8. The van der Waals surface area contributed by atoms with Crippen molar-refractivity contribution in [3.8, 4) is 17.2 Å². The first-order chi connectivity index (χ1) is 8.74. The van der Waals surface area contributed by atoms with Gasteiger partial charge in [-0.05, 0) is 49.3 Å². The molecular weight excluding hydrogens is 248 g/mol. The standard InChI is InChI=1S/C13H14N2O2S/c1-8-7-9(16)4-5-10(8)13-14-12(15-17-13)11-3-2-6-18-11/h4-5,7,11,16H,2-3,6H2,1H3. The maximum atomic E-state index is 9.39. The molecule has 1 aliphatic heterocycles. The quantitative estimate of drug-likeness (QED) is 0.899. The summed E-state index contributed by atoms with van der Waals surface area (Å²) in [7, 11) is 0. The number of aromatic hydroxyl groups is 1. The lowest BCUT2D eigenvalue weighted by atomic mass is 10.1. The van der Waals surface area contributed by atoms with Crippen LogP contribution in [0.15, 0.2) is 22.7 Å². The SMILES string of the molecule is Cc1cc(O)ccc1-c1nc(C2CCCS2)no1. The van der Waals surface area contributed by atoms with E-state index in [0.29, 0.717) is 11.1 Å². The Morgan fingerprint density at radius 2 is 2.33 bits per heavy atom. The molecule has 0 spiro atoms. The van der Waals surface area contributed by atoms with E-state index in [2.05, 4.69) is 10.1 Å². The van der Waals surface area contributed by atoms with Gasteiger partial charge < -0.3 is 9.63 Å². The molecule has 5 heteroatoms. The van der Waals surface area contributed by atoms with Crippen molar-refractivity contribution in [3.05, 3.63) is 29.6 Å². The van der Waals surface area contributed by atoms with Crippen LogP contribution >= 0.6 is 11.8 Å². The summed E-state index contributed by atoms with van der Waals surface area (Å²) >= 11 is 1.89. The van der Waals surface area contributed by atoms with Gasteiger partial charge in [0.1, 0.15) is 5.75 Å². The zero-order chi connectivity index (χ0) is 12.5. The van der Waals surface area contributed by atoms with Crippen LogP contribution in [-0.4, -0.2) is 21.0 Å². The van der Waals surface area contributed by atoms with Crippen LogP contribution in [0.1, 0.15) is 29.5 Å². The smallest absolute Gasteiger partial charge is 0.258 e. The lowest BCUT2D eigenvalue weighted by molar-refractivity contribution is 0.421. The Balaban J connectivity index is 1.92. The van der Waals surface area contributed by atoms with Crippen molar-refractivity contribution < 1.29 is 9.63 Å². The normalized spacial score (nSPS) is 19.3. The zero-order valence-corrected chi connectivity index (χ0v) is 10.9. The third-order valence-corrected chi connectivity index (χ3v) is 4.47. The number of nitrogens with zero attached hydrogens (tertiary/aromatic N) is 2. The molecule has 0 saturated carbocycles. The van der Waals surface area contributed by atoms with Gasteiger partial charge in [0.15, 0.2) is 5.82 Å². The molecule has 0 radical (unpaired) electrons. The van der Waals surface area contributed by atoms with Crippen LogP contribution in [0.25, 0.3) is 11.5 Å². The second-order valence-corrected chi connectivity index (χ2v) is 5.77. The van der Waals surface area contributed by atoms with Crippen LogP contribution in [0.4, 0.5) is 0 Å². The van der Waals surface area contributed by atoms with E-state index in [9.17, 15) is 5.11 Å². The van der Waals surface area contributed by atoms with Crippen molar-refractivity contribution in [2.24, 2.45) is 0 Å². The van der Waals surface area contributed by atoms with Gasteiger partial charge in [-0.15, -0.1) is 0 Å². The molecule has 1 atom stereocenters. The third kappa shape index (κ3) is 2.10. The Labute approximate surface area is 109 Å². The Morgan fingerprint density at radius 3 is 3.06 bits per heavy atom. The maximum absolute atomic E-state index is 9.39. The minimum atomic E-state index is 0.252. The first-order valence-corrected chi connectivity index (χ1v) is 7.04. The van der Waals surface area contributed by atoms with Crippen LogP contribution in [0, 0.1) is 6.92 Å². The first kappa shape index (κ1) is 11.6. The summed E-state index contributed by atoms with van der Waals surface area (Å²) in [6, 6.07) is 5.14. The highest BCUT2D eigenvalue weighted by atomic mass is 32.2. The lowest BCUT2D eigenvalue weighted by Crippen LogP contribution is -1.91. The molecule has 1 saturated heterocycles.